The molecule has 1 aromatic heterocycles. The van der Waals surface area contributed by atoms with Gasteiger partial charge in [-0.25, -0.2) is 0 Å². The number of hydrogen-bond donors (Lipinski definition) is 1. The first-order valence-electron chi connectivity index (χ1n) is 12.1. The molecule has 5 rings (SSSR count). The Morgan fingerprint density at radius 2 is 1.94 bits per heavy atom. The minimum absolute atomic E-state index is 0.0687. The average molecular weight is 486 g/mol. The SMILES string of the molecule is Cc1cc(C#N)cc(C(=O)N2CCC(Oc3cccc4c(C5CCC(=O)NC5=O)nn(C)c34)CC2)c1. The van der Waals surface area contributed by atoms with Crippen LogP contribution in [0.15, 0.2) is 36.4 Å². The predicted octanol–water partition coefficient (Wildman–Crippen LogP) is 2.96. The fourth-order valence-corrected chi connectivity index (χ4v) is 5.15. The molecule has 1 atom stereocenters. The largest absolute Gasteiger partial charge is 0.488 e. The number of rotatable bonds is 4. The number of nitriles is 1. The van der Waals surface area contributed by atoms with Crippen LogP contribution in [0.25, 0.3) is 10.9 Å². The number of carbonyl (C=O) groups excluding carboxylic acids is 3. The zero-order valence-corrected chi connectivity index (χ0v) is 20.3. The highest BCUT2D eigenvalue weighted by Crippen LogP contribution is 2.35. The molecule has 2 aliphatic heterocycles. The zero-order valence-electron chi connectivity index (χ0n) is 20.3. The number of ether oxygens (including phenoxy) is 1. The van der Waals surface area contributed by atoms with Crippen molar-refractivity contribution in [3.8, 4) is 11.8 Å². The summed E-state index contributed by atoms with van der Waals surface area (Å²) in [4.78, 5) is 38.8. The highest BCUT2D eigenvalue weighted by atomic mass is 16.5. The van der Waals surface area contributed by atoms with E-state index < -0.39 is 5.92 Å². The van der Waals surface area contributed by atoms with Crippen molar-refractivity contribution in [2.45, 2.75) is 44.6 Å². The van der Waals surface area contributed by atoms with Gasteiger partial charge in [-0.15, -0.1) is 0 Å². The number of carbonyl (C=O) groups is 3. The lowest BCUT2D eigenvalue weighted by atomic mass is 9.93. The van der Waals surface area contributed by atoms with E-state index in [9.17, 15) is 19.6 Å². The van der Waals surface area contributed by atoms with Gasteiger partial charge in [0.25, 0.3) is 5.91 Å². The average Bonchev–Trinajstić information content (AvgIpc) is 3.20. The molecular formula is C27H27N5O4. The molecule has 2 fully saturated rings. The number of fused-ring (bicyclic) bond motifs is 1. The quantitative estimate of drug-likeness (QED) is 0.568. The second kappa shape index (κ2) is 9.46. The van der Waals surface area contributed by atoms with Gasteiger partial charge in [-0.2, -0.15) is 10.4 Å². The van der Waals surface area contributed by atoms with Crippen LogP contribution in [0.5, 0.6) is 5.75 Å². The van der Waals surface area contributed by atoms with Crippen molar-refractivity contribution in [2.75, 3.05) is 13.1 Å². The number of benzene rings is 2. The van der Waals surface area contributed by atoms with Crippen LogP contribution in [0.3, 0.4) is 0 Å². The number of likely N-dealkylation sites (tertiary alicyclic amines) is 1. The molecule has 1 unspecified atom stereocenters. The molecule has 9 heteroatoms. The number of aryl methyl sites for hydroxylation is 2. The van der Waals surface area contributed by atoms with Gasteiger partial charge in [-0.1, -0.05) is 12.1 Å². The number of nitrogens with one attached hydrogen (secondary N) is 1. The van der Waals surface area contributed by atoms with Crippen molar-refractivity contribution in [1.29, 1.82) is 5.26 Å². The molecular weight excluding hydrogens is 458 g/mol. The van der Waals surface area contributed by atoms with Crippen LogP contribution in [0, 0.1) is 18.3 Å². The Morgan fingerprint density at radius 3 is 2.67 bits per heavy atom. The molecule has 3 aromatic rings. The molecule has 2 saturated heterocycles. The molecule has 2 aliphatic rings. The molecule has 0 radical (unpaired) electrons. The molecule has 0 bridgehead atoms. The van der Waals surface area contributed by atoms with Gasteiger partial charge in [-0.3, -0.25) is 24.4 Å². The van der Waals surface area contributed by atoms with E-state index in [0.29, 0.717) is 61.3 Å². The highest BCUT2D eigenvalue weighted by Gasteiger charge is 2.32. The van der Waals surface area contributed by atoms with Crippen LogP contribution in [0.4, 0.5) is 0 Å². The van der Waals surface area contributed by atoms with Gasteiger partial charge in [0.1, 0.15) is 17.4 Å². The van der Waals surface area contributed by atoms with E-state index in [4.69, 9.17) is 4.74 Å². The minimum atomic E-state index is -0.473. The van der Waals surface area contributed by atoms with E-state index in [1.165, 1.54) is 0 Å². The predicted molar refractivity (Wildman–Crippen MR) is 131 cm³/mol. The summed E-state index contributed by atoms with van der Waals surface area (Å²) in [5.41, 5.74) is 3.36. The summed E-state index contributed by atoms with van der Waals surface area (Å²) in [6.45, 7) is 2.99. The van der Waals surface area contributed by atoms with Crippen LogP contribution < -0.4 is 10.1 Å². The molecule has 3 heterocycles. The Labute approximate surface area is 208 Å². The third kappa shape index (κ3) is 4.42. The molecule has 36 heavy (non-hydrogen) atoms. The van der Waals surface area contributed by atoms with Crippen molar-refractivity contribution in [2.24, 2.45) is 7.05 Å². The monoisotopic (exact) mass is 485 g/mol. The van der Waals surface area contributed by atoms with E-state index in [-0.39, 0.29) is 23.8 Å². The van der Waals surface area contributed by atoms with Crippen LogP contribution in [0.1, 0.15) is 58.8 Å². The minimum Gasteiger partial charge on any atom is -0.488 e. The van der Waals surface area contributed by atoms with Crippen LogP contribution in [-0.4, -0.2) is 51.6 Å². The number of aromatic nitrogens is 2. The van der Waals surface area contributed by atoms with Gasteiger partial charge >= 0.3 is 0 Å². The third-order valence-electron chi connectivity index (χ3n) is 6.90. The number of piperidine rings is 2. The van der Waals surface area contributed by atoms with Crippen molar-refractivity contribution >= 4 is 28.6 Å². The lowest BCUT2D eigenvalue weighted by molar-refractivity contribution is -0.134. The highest BCUT2D eigenvalue weighted by molar-refractivity contribution is 6.03. The van der Waals surface area contributed by atoms with Gasteiger partial charge < -0.3 is 9.64 Å². The van der Waals surface area contributed by atoms with E-state index in [0.717, 1.165) is 16.5 Å². The number of hydrogen-bond acceptors (Lipinski definition) is 6. The van der Waals surface area contributed by atoms with E-state index in [1.807, 2.05) is 43.1 Å². The first kappa shape index (κ1) is 23.5. The lowest BCUT2D eigenvalue weighted by Crippen LogP contribution is -2.41. The molecule has 184 valence electrons. The fourth-order valence-electron chi connectivity index (χ4n) is 5.15. The van der Waals surface area contributed by atoms with Crippen molar-refractivity contribution in [1.82, 2.24) is 20.0 Å². The number of nitrogens with zero attached hydrogens (tertiary/aromatic N) is 4. The summed E-state index contributed by atoms with van der Waals surface area (Å²) < 4.78 is 8.12. The van der Waals surface area contributed by atoms with Crippen molar-refractivity contribution < 1.29 is 19.1 Å². The second-order valence-electron chi connectivity index (χ2n) is 9.47. The Kier molecular flexibility index (Phi) is 6.18. The summed E-state index contributed by atoms with van der Waals surface area (Å²) in [5.74, 6) is -0.429. The maximum absolute atomic E-state index is 13.0. The van der Waals surface area contributed by atoms with Crippen LogP contribution in [-0.2, 0) is 16.6 Å². The number of para-hydroxylation sites is 1. The normalized spacial score (nSPS) is 18.7. The maximum atomic E-state index is 13.0. The molecule has 0 spiro atoms. The maximum Gasteiger partial charge on any atom is 0.253 e. The Morgan fingerprint density at radius 1 is 1.17 bits per heavy atom. The summed E-state index contributed by atoms with van der Waals surface area (Å²) >= 11 is 0. The van der Waals surface area contributed by atoms with E-state index >= 15 is 0 Å². The summed E-state index contributed by atoms with van der Waals surface area (Å²) in [7, 11) is 1.82. The third-order valence-corrected chi connectivity index (χ3v) is 6.90. The molecule has 0 aliphatic carbocycles. The second-order valence-corrected chi connectivity index (χ2v) is 9.47. The lowest BCUT2D eigenvalue weighted by Gasteiger charge is -2.32. The fraction of sp³-hybridized carbons (Fsp3) is 0.370. The first-order valence-corrected chi connectivity index (χ1v) is 12.1. The number of amides is 3. The Hall–Kier alpha value is -4.19. The first-order chi connectivity index (χ1) is 17.3. The molecule has 3 amide bonds. The topological polar surface area (TPSA) is 117 Å². The zero-order chi connectivity index (χ0) is 25.4. The van der Waals surface area contributed by atoms with Gasteiger partial charge in [-0.05, 0) is 43.2 Å². The molecule has 0 saturated carbocycles. The van der Waals surface area contributed by atoms with Crippen LogP contribution in [0.2, 0.25) is 0 Å². The van der Waals surface area contributed by atoms with Gasteiger partial charge in [0.15, 0.2) is 0 Å². The summed E-state index contributed by atoms with van der Waals surface area (Å²) in [5, 5.41) is 17.1. The summed E-state index contributed by atoms with van der Waals surface area (Å²) in [6.07, 6.45) is 2.02. The van der Waals surface area contributed by atoms with E-state index in [1.54, 1.807) is 16.8 Å². The van der Waals surface area contributed by atoms with Crippen molar-refractivity contribution in [3.05, 3.63) is 58.8 Å². The Balaban J connectivity index is 1.30. The summed E-state index contributed by atoms with van der Waals surface area (Å²) in [6, 6.07) is 13.0. The molecule has 2 aromatic carbocycles. The van der Waals surface area contributed by atoms with Crippen LogP contribution >= 0.6 is 0 Å². The molecule has 9 nitrogen and oxygen atoms in total. The standard InChI is InChI=1S/C27H27N5O4/c1-16-12-17(15-28)14-18(13-16)27(35)32-10-8-19(9-11-32)36-22-5-3-4-20-24(30-31(2)25(20)22)21-6-7-23(33)29-26(21)34/h3-5,12-14,19,21H,6-11H2,1-2H3,(H,29,33,34). The van der Waals surface area contributed by atoms with Gasteiger partial charge in [0, 0.05) is 50.3 Å². The smallest absolute Gasteiger partial charge is 0.253 e. The van der Waals surface area contributed by atoms with Gasteiger partial charge in [0.05, 0.1) is 23.2 Å². The van der Waals surface area contributed by atoms with Gasteiger partial charge in [0.2, 0.25) is 11.8 Å². The van der Waals surface area contributed by atoms with Crippen molar-refractivity contribution in [3.63, 3.8) is 0 Å². The Bertz CT molecular complexity index is 1410. The molecule has 1 N–H and O–H groups in total. The van der Waals surface area contributed by atoms with E-state index in [2.05, 4.69) is 16.5 Å². The number of imide groups is 1.